The van der Waals surface area contributed by atoms with Gasteiger partial charge in [0.25, 0.3) is 0 Å². The van der Waals surface area contributed by atoms with E-state index in [0.29, 0.717) is 5.52 Å². The summed E-state index contributed by atoms with van der Waals surface area (Å²) in [4.78, 5) is 13.9. The highest BCUT2D eigenvalue weighted by Gasteiger charge is 2.07. The Balaban J connectivity index is 2.88. The van der Waals surface area contributed by atoms with Crippen molar-refractivity contribution < 1.29 is 9.90 Å². The molecular weight excluding hydrogens is 178 g/mol. The topological polar surface area (TPSA) is 55.9 Å². The van der Waals surface area contributed by atoms with E-state index in [1.165, 1.54) is 0 Å². The number of hydrogen-bond donors (Lipinski definition) is 1. The molecule has 0 saturated carbocycles. The highest BCUT2D eigenvalue weighted by Crippen LogP contribution is 2.23. The lowest BCUT2D eigenvalue weighted by Crippen LogP contribution is -2.22. The van der Waals surface area contributed by atoms with Crippen LogP contribution in [-0.2, 0) is 0 Å². The molecule has 0 amide bonds. The lowest BCUT2D eigenvalue weighted by molar-refractivity contribution is -0.254. The number of H-pyrrole nitrogens is 1. The van der Waals surface area contributed by atoms with Gasteiger partial charge in [-0.1, -0.05) is 18.2 Å². The number of carboxylic acids is 1. The second-order valence-corrected chi connectivity index (χ2v) is 3.39. The zero-order chi connectivity index (χ0) is 10.3. The molecule has 2 rings (SSSR count). The second kappa shape index (κ2) is 2.87. The molecule has 1 aromatic heterocycles. The number of aromatic amines is 1. The number of fused-ring (bicyclic) bond motifs is 1. The van der Waals surface area contributed by atoms with Gasteiger partial charge in [-0.3, -0.25) is 0 Å². The summed E-state index contributed by atoms with van der Waals surface area (Å²) in [6.07, 6.45) is 0. The van der Waals surface area contributed by atoms with Crippen LogP contribution in [0, 0.1) is 13.8 Å². The molecule has 1 N–H and O–H groups in total. The minimum atomic E-state index is -1.14. The molecule has 1 aromatic carbocycles. The molecule has 0 saturated heterocycles. The fourth-order valence-corrected chi connectivity index (χ4v) is 1.65. The van der Waals surface area contributed by atoms with Crippen LogP contribution in [0.3, 0.4) is 0 Å². The van der Waals surface area contributed by atoms with Gasteiger partial charge in [-0.15, -0.1) is 0 Å². The quantitative estimate of drug-likeness (QED) is 0.729. The number of nitrogens with one attached hydrogen (secondary N) is 1. The summed E-state index contributed by atoms with van der Waals surface area (Å²) >= 11 is 0. The third-order valence-corrected chi connectivity index (χ3v) is 2.56. The fraction of sp³-hybridized carbons (Fsp3) is 0.182. The first-order chi connectivity index (χ1) is 6.61. The predicted molar refractivity (Wildman–Crippen MR) is 52.1 cm³/mol. The number of carbonyl (C=O) groups excluding carboxylic acids is 1. The van der Waals surface area contributed by atoms with Crippen LogP contribution in [0.4, 0.5) is 0 Å². The number of para-hydroxylation sites is 1. The summed E-state index contributed by atoms with van der Waals surface area (Å²) in [6.45, 7) is 3.89. The molecule has 72 valence electrons. The van der Waals surface area contributed by atoms with Crippen LogP contribution in [0.1, 0.15) is 21.6 Å². The van der Waals surface area contributed by atoms with E-state index in [1.807, 2.05) is 19.9 Å². The van der Waals surface area contributed by atoms with E-state index in [0.717, 1.165) is 16.6 Å². The van der Waals surface area contributed by atoms with E-state index in [4.69, 9.17) is 0 Å². The van der Waals surface area contributed by atoms with Crippen LogP contribution in [0.15, 0.2) is 18.2 Å². The van der Waals surface area contributed by atoms with Crippen molar-refractivity contribution in [2.75, 3.05) is 0 Å². The van der Waals surface area contributed by atoms with Gasteiger partial charge in [-0.05, 0) is 19.4 Å². The first kappa shape index (κ1) is 8.81. The average molecular weight is 188 g/mol. The van der Waals surface area contributed by atoms with E-state index in [2.05, 4.69) is 4.98 Å². The smallest absolute Gasteiger partial charge is 0.0736 e. The maximum atomic E-state index is 10.8. The number of rotatable bonds is 1. The van der Waals surface area contributed by atoms with Crippen LogP contribution in [0.25, 0.3) is 10.9 Å². The molecule has 2 aromatic rings. The number of aryl methyl sites for hydroxylation is 2. The van der Waals surface area contributed by atoms with Crippen LogP contribution < -0.4 is 5.11 Å². The van der Waals surface area contributed by atoms with Crippen LogP contribution in [-0.4, -0.2) is 11.0 Å². The summed E-state index contributed by atoms with van der Waals surface area (Å²) in [5, 5.41) is 11.8. The molecule has 3 heteroatoms. The molecule has 1 heterocycles. The Hall–Kier alpha value is -1.77. The van der Waals surface area contributed by atoms with Crippen LogP contribution in [0.5, 0.6) is 0 Å². The Kier molecular flexibility index (Phi) is 1.81. The van der Waals surface area contributed by atoms with Crippen molar-refractivity contribution in [2.24, 2.45) is 0 Å². The molecule has 0 aliphatic rings. The van der Waals surface area contributed by atoms with E-state index in [-0.39, 0.29) is 5.56 Å². The molecule has 14 heavy (non-hydrogen) atoms. The molecule has 0 bridgehead atoms. The van der Waals surface area contributed by atoms with E-state index >= 15 is 0 Å². The molecule has 0 aliphatic heterocycles. The predicted octanol–water partition coefficient (Wildman–Crippen LogP) is 1.15. The number of carbonyl (C=O) groups is 1. The summed E-state index contributed by atoms with van der Waals surface area (Å²) < 4.78 is 0. The standard InChI is InChI=1S/C11H11NO2/c1-6-7(2)12-10-8(6)4-3-5-9(10)11(13)14/h3-5,12H,1-2H3,(H,13,14)/p-1. The Morgan fingerprint density at radius 3 is 2.71 bits per heavy atom. The summed E-state index contributed by atoms with van der Waals surface area (Å²) in [5.41, 5.74) is 2.96. The van der Waals surface area contributed by atoms with E-state index in [9.17, 15) is 9.90 Å². The number of benzene rings is 1. The van der Waals surface area contributed by atoms with E-state index < -0.39 is 5.97 Å². The van der Waals surface area contributed by atoms with Gasteiger partial charge in [-0.2, -0.15) is 0 Å². The first-order valence-corrected chi connectivity index (χ1v) is 4.40. The highest BCUT2D eigenvalue weighted by atomic mass is 16.4. The van der Waals surface area contributed by atoms with Gasteiger partial charge in [-0.25, -0.2) is 0 Å². The van der Waals surface area contributed by atoms with Gasteiger partial charge in [0.15, 0.2) is 0 Å². The van der Waals surface area contributed by atoms with Gasteiger partial charge in [0.2, 0.25) is 0 Å². The third-order valence-electron chi connectivity index (χ3n) is 2.56. The zero-order valence-corrected chi connectivity index (χ0v) is 8.05. The largest absolute Gasteiger partial charge is 0.545 e. The van der Waals surface area contributed by atoms with Crippen molar-refractivity contribution in [3.63, 3.8) is 0 Å². The number of aromatic nitrogens is 1. The van der Waals surface area contributed by atoms with E-state index in [1.54, 1.807) is 12.1 Å². The minimum Gasteiger partial charge on any atom is -0.545 e. The number of carboxylic acid groups (broad SMARTS) is 1. The Labute approximate surface area is 81.4 Å². The monoisotopic (exact) mass is 188 g/mol. The molecule has 0 aliphatic carbocycles. The fourth-order valence-electron chi connectivity index (χ4n) is 1.65. The molecule has 0 fully saturated rings. The minimum absolute atomic E-state index is 0.221. The number of aromatic carboxylic acids is 1. The van der Waals surface area contributed by atoms with Crippen LogP contribution >= 0.6 is 0 Å². The summed E-state index contributed by atoms with van der Waals surface area (Å²) in [6, 6.07) is 5.18. The Bertz CT molecular complexity index is 511. The SMILES string of the molecule is Cc1[nH]c2c(C(=O)[O-])cccc2c1C. The zero-order valence-electron chi connectivity index (χ0n) is 8.05. The molecule has 0 spiro atoms. The van der Waals surface area contributed by atoms with Gasteiger partial charge < -0.3 is 14.9 Å². The lowest BCUT2D eigenvalue weighted by atomic mass is 10.1. The molecule has 0 atom stereocenters. The van der Waals surface area contributed by atoms with Crippen LogP contribution in [0.2, 0.25) is 0 Å². The second-order valence-electron chi connectivity index (χ2n) is 3.39. The van der Waals surface area contributed by atoms with Gasteiger partial charge in [0.1, 0.15) is 0 Å². The average Bonchev–Trinajstić information content (AvgIpc) is 2.43. The number of hydrogen-bond acceptors (Lipinski definition) is 2. The van der Waals surface area contributed by atoms with Crippen molar-refractivity contribution in [1.82, 2.24) is 4.98 Å². The Morgan fingerprint density at radius 2 is 2.07 bits per heavy atom. The maximum Gasteiger partial charge on any atom is 0.0736 e. The third kappa shape index (κ3) is 1.09. The maximum absolute atomic E-state index is 10.8. The van der Waals surface area contributed by atoms with Gasteiger partial charge in [0, 0.05) is 16.6 Å². The van der Waals surface area contributed by atoms with Crippen molar-refractivity contribution >= 4 is 16.9 Å². The summed E-state index contributed by atoms with van der Waals surface area (Å²) in [5.74, 6) is -1.14. The van der Waals surface area contributed by atoms with Crippen molar-refractivity contribution in [3.8, 4) is 0 Å². The first-order valence-electron chi connectivity index (χ1n) is 4.40. The summed E-state index contributed by atoms with van der Waals surface area (Å²) in [7, 11) is 0. The van der Waals surface area contributed by atoms with Gasteiger partial charge >= 0.3 is 0 Å². The lowest BCUT2D eigenvalue weighted by Gasteiger charge is -2.03. The van der Waals surface area contributed by atoms with Gasteiger partial charge in [0.05, 0.1) is 11.5 Å². The van der Waals surface area contributed by atoms with Crippen molar-refractivity contribution in [2.45, 2.75) is 13.8 Å². The van der Waals surface area contributed by atoms with Crippen molar-refractivity contribution in [1.29, 1.82) is 0 Å². The molecule has 3 nitrogen and oxygen atoms in total. The highest BCUT2D eigenvalue weighted by molar-refractivity contribution is 6.02. The van der Waals surface area contributed by atoms with Crippen molar-refractivity contribution in [3.05, 3.63) is 35.0 Å². The normalized spacial score (nSPS) is 10.7. The Morgan fingerprint density at radius 1 is 1.36 bits per heavy atom. The molecular formula is C11H10NO2-. The molecule has 0 radical (unpaired) electrons. The molecule has 0 unspecified atom stereocenters.